The summed E-state index contributed by atoms with van der Waals surface area (Å²) in [7, 11) is 0. The van der Waals surface area contributed by atoms with Crippen LogP contribution in [0.2, 0.25) is 5.15 Å². The van der Waals surface area contributed by atoms with Crippen LogP contribution >= 0.6 is 34.2 Å². The number of hydrogen-bond donors (Lipinski definition) is 1. The molecule has 1 aliphatic rings. The first kappa shape index (κ1) is 7.15. The number of fused-ring (bicyclic) bond motifs is 1. The van der Waals surface area contributed by atoms with Gasteiger partial charge in [-0.05, 0) is 16.6 Å². The zero-order valence-electron chi connectivity index (χ0n) is 5.10. The maximum absolute atomic E-state index is 5.76. The van der Waals surface area contributed by atoms with E-state index in [-0.39, 0.29) is 0 Å². The lowest BCUT2D eigenvalue weighted by Crippen LogP contribution is -1.93. The summed E-state index contributed by atoms with van der Waals surface area (Å²) in [6, 6.07) is 0. The van der Waals surface area contributed by atoms with Gasteiger partial charge in [0.1, 0.15) is 0 Å². The van der Waals surface area contributed by atoms with Crippen LogP contribution in [-0.4, -0.2) is 16.3 Å². The quantitative estimate of drug-likeness (QED) is 0.340. The molecule has 6 heteroatoms. The molecule has 1 aromatic rings. The molecule has 0 atom stereocenters. The van der Waals surface area contributed by atoms with Crippen molar-refractivity contribution in [2.45, 2.75) is 0 Å². The molecule has 0 bridgehead atoms. The fraction of sp³-hybridized carbons (Fsp3) is 0. The monoisotopic (exact) mass is 279 g/mol. The fourth-order valence-corrected chi connectivity index (χ4v) is 1.55. The van der Waals surface area contributed by atoms with Crippen molar-refractivity contribution >= 4 is 52.0 Å². The highest BCUT2D eigenvalue weighted by molar-refractivity contribution is 14.1. The second kappa shape index (κ2) is 2.51. The number of hydrogen-bond acceptors (Lipinski definition) is 4. The molecule has 1 aromatic heterocycles. The minimum atomic E-state index is 0.383. The Morgan fingerprint density at radius 3 is 3.09 bits per heavy atom. The van der Waals surface area contributed by atoms with Crippen LogP contribution in [-0.2, 0) is 0 Å². The molecule has 0 aliphatic carbocycles. The van der Waals surface area contributed by atoms with Gasteiger partial charge in [-0.2, -0.15) is 10.3 Å². The molecule has 54 valence electrons. The summed E-state index contributed by atoms with van der Waals surface area (Å²) in [6.45, 7) is 0. The van der Waals surface area contributed by atoms with Crippen LogP contribution in [0.4, 0.5) is 11.5 Å². The zero-order chi connectivity index (χ0) is 7.84. The van der Waals surface area contributed by atoms with E-state index >= 15 is 0 Å². The van der Waals surface area contributed by atoms with E-state index in [1.807, 2.05) is 22.6 Å². The molecule has 0 fully saturated rings. The molecule has 0 radical (unpaired) electrons. The van der Waals surface area contributed by atoms with Crippen molar-refractivity contribution in [3.8, 4) is 0 Å². The van der Waals surface area contributed by atoms with Crippen LogP contribution in [0.15, 0.2) is 4.99 Å². The molecule has 0 saturated heterocycles. The summed E-state index contributed by atoms with van der Waals surface area (Å²) in [5.74, 6) is 0.550. The van der Waals surface area contributed by atoms with Gasteiger partial charge in [0.25, 0.3) is 12.0 Å². The minimum Gasteiger partial charge on any atom is -0.193 e. The Hall–Kier alpha value is -0.520. The van der Waals surface area contributed by atoms with E-state index in [1.165, 1.54) is 0 Å². The maximum atomic E-state index is 5.76. The number of aliphatic imine (C=N–C) groups is 1. The number of halogens is 2. The van der Waals surface area contributed by atoms with Crippen LogP contribution in [0.5, 0.6) is 0 Å². The molecule has 0 amide bonds. The third kappa shape index (κ3) is 1.15. The lowest BCUT2D eigenvalue weighted by atomic mass is 10.5. The largest absolute Gasteiger partial charge is 0.345 e. The van der Waals surface area contributed by atoms with Crippen LogP contribution in [0, 0.1) is 3.83 Å². The smallest absolute Gasteiger partial charge is 0.193 e. The Labute approximate surface area is 81.2 Å². The van der Waals surface area contributed by atoms with Crippen molar-refractivity contribution in [3.05, 3.63) is 8.98 Å². The maximum Gasteiger partial charge on any atom is 0.345 e. The standard InChI is InChI=1S/C5HClIN4/c6-3-2-4(9-1-8-2)11-5(7)10-3/h(H,8,9,10,11)/q+1. The minimum absolute atomic E-state index is 0.383. The Morgan fingerprint density at radius 2 is 2.27 bits per heavy atom. The normalized spacial score (nSPS) is 12.2. The van der Waals surface area contributed by atoms with Crippen molar-refractivity contribution in [1.29, 1.82) is 0 Å². The summed E-state index contributed by atoms with van der Waals surface area (Å²) in [5.41, 5.74) is 0.632. The lowest BCUT2D eigenvalue weighted by Gasteiger charge is -1.89. The van der Waals surface area contributed by atoms with Crippen molar-refractivity contribution < 1.29 is 0 Å². The molecule has 2 heterocycles. The number of nitrogens with one attached hydrogen (secondary N) is 1. The van der Waals surface area contributed by atoms with Gasteiger partial charge in [0, 0.05) is 22.6 Å². The number of anilines is 1. The zero-order valence-corrected chi connectivity index (χ0v) is 8.01. The van der Waals surface area contributed by atoms with E-state index < -0.39 is 0 Å². The topological polar surface area (TPSA) is 50.2 Å². The summed E-state index contributed by atoms with van der Waals surface area (Å²) in [4.78, 5) is 11.8. The first-order valence-corrected chi connectivity index (χ1v) is 4.18. The van der Waals surface area contributed by atoms with Crippen LogP contribution in [0.25, 0.3) is 0 Å². The average Bonchev–Trinajstić information content (AvgIpc) is 2.34. The Morgan fingerprint density at radius 1 is 1.45 bits per heavy atom. The average molecular weight is 279 g/mol. The fourth-order valence-electron chi connectivity index (χ4n) is 0.723. The van der Waals surface area contributed by atoms with Gasteiger partial charge in [-0.25, -0.2) is 0 Å². The van der Waals surface area contributed by atoms with E-state index in [4.69, 9.17) is 11.6 Å². The van der Waals surface area contributed by atoms with Gasteiger partial charge in [-0.3, -0.25) is 0 Å². The number of aromatic nitrogens is 2. The third-order valence-electron chi connectivity index (χ3n) is 1.16. The van der Waals surface area contributed by atoms with Gasteiger partial charge in [-0.15, -0.1) is 4.98 Å². The third-order valence-corrected chi connectivity index (χ3v) is 1.92. The van der Waals surface area contributed by atoms with Gasteiger partial charge < -0.3 is 0 Å². The van der Waals surface area contributed by atoms with Gasteiger partial charge in [0.15, 0.2) is 0 Å². The summed E-state index contributed by atoms with van der Waals surface area (Å²) in [6.07, 6.45) is 2.54. The highest BCUT2D eigenvalue weighted by Gasteiger charge is 2.26. The summed E-state index contributed by atoms with van der Waals surface area (Å²) < 4.78 is 0.584. The molecular weight excluding hydrogens is 278 g/mol. The van der Waals surface area contributed by atoms with Crippen molar-refractivity contribution in [1.82, 2.24) is 9.97 Å². The molecule has 4 nitrogen and oxygen atoms in total. The molecule has 1 N–H and O–H groups in total. The van der Waals surface area contributed by atoms with E-state index in [1.54, 1.807) is 0 Å². The second-order valence-electron chi connectivity index (χ2n) is 1.83. The highest BCUT2D eigenvalue weighted by Crippen LogP contribution is 2.31. The molecule has 2 rings (SSSR count). The molecule has 0 spiro atoms. The predicted molar refractivity (Wildman–Crippen MR) is 50.5 cm³/mol. The Bertz CT molecular complexity index is 337. The van der Waals surface area contributed by atoms with Crippen LogP contribution in [0.3, 0.4) is 0 Å². The van der Waals surface area contributed by atoms with Gasteiger partial charge in [0.05, 0.1) is 0 Å². The highest BCUT2D eigenvalue weighted by atomic mass is 127. The SMILES string of the molecule is Clc1nc(I)nc2c1N[C+]=N2. The first-order valence-electron chi connectivity index (χ1n) is 2.72. The molecular formula is C5HClIN4+. The van der Waals surface area contributed by atoms with Gasteiger partial charge in [-0.1, -0.05) is 0 Å². The summed E-state index contributed by atoms with van der Waals surface area (Å²) >= 11 is 7.73. The van der Waals surface area contributed by atoms with Crippen LogP contribution in [0.1, 0.15) is 0 Å². The van der Waals surface area contributed by atoms with E-state index in [0.29, 0.717) is 20.5 Å². The Balaban J connectivity index is 2.66. The molecule has 0 aromatic carbocycles. The lowest BCUT2D eigenvalue weighted by molar-refractivity contribution is 1.11. The van der Waals surface area contributed by atoms with Gasteiger partial charge >= 0.3 is 5.82 Å². The van der Waals surface area contributed by atoms with Gasteiger partial charge in [0.2, 0.25) is 8.98 Å². The van der Waals surface area contributed by atoms with Crippen molar-refractivity contribution in [3.63, 3.8) is 0 Å². The first-order chi connectivity index (χ1) is 5.27. The molecule has 0 unspecified atom stereocenters. The number of nitrogens with zero attached hydrogens (tertiary/aromatic N) is 3. The Kier molecular flexibility index (Phi) is 1.63. The predicted octanol–water partition coefficient (Wildman–Crippen LogP) is 1.70. The van der Waals surface area contributed by atoms with E-state index in [0.717, 1.165) is 0 Å². The van der Waals surface area contributed by atoms with Crippen molar-refractivity contribution in [2.75, 3.05) is 5.32 Å². The van der Waals surface area contributed by atoms with Crippen LogP contribution < -0.4 is 5.32 Å². The second-order valence-corrected chi connectivity index (χ2v) is 3.15. The van der Waals surface area contributed by atoms with E-state index in [9.17, 15) is 0 Å². The molecule has 1 aliphatic heterocycles. The molecule has 11 heavy (non-hydrogen) atoms. The molecule has 0 saturated carbocycles. The van der Waals surface area contributed by atoms with E-state index in [2.05, 4.69) is 26.6 Å². The van der Waals surface area contributed by atoms with Crippen molar-refractivity contribution in [2.24, 2.45) is 4.99 Å². The summed E-state index contributed by atoms with van der Waals surface area (Å²) in [5, 5.41) is 3.10. The number of rotatable bonds is 0.